The number of hydrogen-bond donors (Lipinski definition) is 0. The Hall–Kier alpha value is -0.560. The summed E-state index contributed by atoms with van der Waals surface area (Å²) in [4.78, 5) is 0. The van der Waals surface area contributed by atoms with Gasteiger partial charge in [-0.1, -0.05) is 53.2 Å². The van der Waals surface area contributed by atoms with Gasteiger partial charge in [-0.05, 0) is 29.9 Å². The van der Waals surface area contributed by atoms with Crippen LogP contribution in [0.5, 0.6) is 0 Å². The molecule has 0 spiro atoms. The molecule has 0 aromatic rings. The van der Waals surface area contributed by atoms with Crippen molar-refractivity contribution in [2.75, 3.05) is 0 Å². The maximum Gasteiger partial charge on any atom is 0.126 e. The Morgan fingerprint density at radius 2 is 1.94 bits per heavy atom. The molecular weight excluding hydrogens is 196 g/mol. The molecule has 0 saturated carbocycles. The molecule has 0 aromatic carbocycles. The van der Waals surface area contributed by atoms with Gasteiger partial charge in [-0.15, -0.1) is 0 Å². The molecule has 0 bridgehead atoms. The molecular formula is C15H24O. The van der Waals surface area contributed by atoms with Gasteiger partial charge in [0.2, 0.25) is 0 Å². The molecule has 90 valence electrons. The van der Waals surface area contributed by atoms with Crippen molar-refractivity contribution in [2.45, 2.75) is 58.7 Å². The first-order valence-electron chi connectivity index (χ1n) is 6.60. The minimum absolute atomic E-state index is 0.00588. The Bertz CT molecular complexity index is 337. The topological polar surface area (TPSA) is 12.5 Å². The Morgan fingerprint density at radius 3 is 2.44 bits per heavy atom. The first-order valence-corrected chi connectivity index (χ1v) is 6.60. The Labute approximate surface area is 99.6 Å². The third kappa shape index (κ3) is 1.34. The van der Waals surface area contributed by atoms with Gasteiger partial charge >= 0.3 is 0 Å². The van der Waals surface area contributed by atoms with Gasteiger partial charge in [-0.25, -0.2) is 0 Å². The van der Waals surface area contributed by atoms with Gasteiger partial charge in [-0.3, -0.25) is 0 Å². The van der Waals surface area contributed by atoms with Gasteiger partial charge in [0.15, 0.2) is 0 Å². The molecule has 0 N–H and O–H groups in total. The average Bonchev–Trinajstić information content (AvgIpc) is 2.87. The molecule has 1 fully saturated rings. The van der Waals surface area contributed by atoms with E-state index in [1.807, 2.05) is 0 Å². The van der Waals surface area contributed by atoms with Crippen LogP contribution in [0.2, 0.25) is 0 Å². The highest BCUT2D eigenvalue weighted by atomic mass is 16.6. The summed E-state index contributed by atoms with van der Waals surface area (Å²) in [6, 6.07) is 0. The largest absolute Gasteiger partial charge is 0.353 e. The summed E-state index contributed by atoms with van der Waals surface area (Å²) in [5, 5.41) is 0. The Balaban J connectivity index is 2.37. The minimum Gasteiger partial charge on any atom is -0.353 e. The van der Waals surface area contributed by atoms with Gasteiger partial charge in [0.05, 0.1) is 0 Å². The van der Waals surface area contributed by atoms with E-state index in [9.17, 15) is 0 Å². The lowest BCUT2D eigenvalue weighted by Gasteiger charge is -2.29. The Morgan fingerprint density at radius 1 is 1.25 bits per heavy atom. The zero-order valence-corrected chi connectivity index (χ0v) is 11.2. The van der Waals surface area contributed by atoms with Crippen molar-refractivity contribution in [1.82, 2.24) is 0 Å². The third-order valence-electron chi connectivity index (χ3n) is 4.06. The van der Waals surface area contributed by atoms with E-state index in [2.05, 4.69) is 52.8 Å². The summed E-state index contributed by atoms with van der Waals surface area (Å²) in [6.45, 7) is 11.4. The van der Waals surface area contributed by atoms with Crippen LogP contribution in [0, 0.1) is 11.8 Å². The number of allylic oxidation sites excluding steroid dienone is 2. The van der Waals surface area contributed by atoms with Gasteiger partial charge in [0.25, 0.3) is 0 Å². The fraction of sp³-hybridized carbons (Fsp3) is 0.733. The lowest BCUT2D eigenvalue weighted by Crippen LogP contribution is -2.35. The fourth-order valence-electron chi connectivity index (χ4n) is 3.41. The number of rotatable bonds is 4. The second-order valence-corrected chi connectivity index (χ2v) is 5.77. The summed E-state index contributed by atoms with van der Waals surface area (Å²) in [6.07, 6.45) is 9.07. The first-order chi connectivity index (χ1) is 7.50. The van der Waals surface area contributed by atoms with E-state index in [-0.39, 0.29) is 11.2 Å². The first kappa shape index (κ1) is 11.9. The molecule has 2 rings (SSSR count). The normalized spacial score (nSPS) is 36.6. The molecule has 1 heterocycles. The highest BCUT2D eigenvalue weighted by molar-refractivity contribution is 5.46. The maximum absolute atomic E-state index is 6.27. The van der Waals surface area contributed by atoms with E-state index in [4.69, 9.17) is 4.74 Å². The van der Waals surface area contributed by atoms with E-state index >= 15 is 0 Å². The monoisotopic (exact) mass is 220 g/mol. The van der Waals surface area contributed by atoms with Crippen LogP contribution >= 0.6 is 0 Å². The minimum atomic E-state index is 0.00588. The lowest BCUT2D eigenvalue weighted by molar-refractivity contribution is 0.248. The molecule has 1 nitrogen and oxygen atoms in total. The number of epoxide rings is 1. The highest BCUT2D eigenvalue weighted by Crippen LogP contribution is 2.63. The van der Waals surface area contributed by atoms with Crippen molar-refractivity contribution in [3.8, 4) is 0 Å². The third-order valence-corrected chi connectivity index (χ3v) is 4.06. The quantitative estimate of drug-likeness (QED) is 0.650. The molecule has 2 atom stereocenters. The maximum atomic E-state index is 6.27. The number of fused-ring (bicyclic) bond motifs is 1. The summed E-state index contributed by atoms with van der Waals surface area (Å²) < 4.78 is 6.27. The average molecular weight is 220 g/mol. The van der Waals surface area contributed by atoms with Crippen LogP contribution in [-0.2, 0) is 4.74 Å². The standard InChI is InChI=1S/C15H24O/c1-6-9-14-10-7-8-13(11(2)3)15(14,16-14)12(4)5/h7-8,10-12H,6,9H2,1-5H3. The fourth-order valence-corrected chi connectivity index (χ4v) is 3.41. The molecule has 2 unspecified atom stereocenters. The Kier molecular flexibility index (Phi) is 2.78. The molecule has 2 aliphatic rings. The zero-order valence-electron chi connectivity index (χ0n) is 11.2. The summed E-state index contributed by atoms with van der Waals surface area (Å²) in [5.74, 6) is 1.13. The summed E-state index contributed by atoms with van der Waals surface area (Å²) >= 11 is 0. The molecule has 0 radical (unpaired) electrons. The molecule has 1 aliphatic heterocycles. The van der Waals surface area contributed by atoms with E-state index < -0.39 is 0 Å². The van der Waals surface area contributed by atoms with Crippen LogP contribution < -0.4 is 0 Å². The lowest BCUT2D eigenvalue weighted by atomic mass is 9.70. The van der Waals surface area contributed by atoms with E-state index in [0.29, 0.717) is 11.8 Å². The smallest absolute Gasteiger partial charge is 0.126 e. The van der Waals surface area contributed by atoms with Gasteiger partial charge in [0.1, 0.15) is 11.2 Å². The summed E-state index contributed by atoms with van der Waals surface area (Å²) in [7, 11) is 0. The van der Waals surface area contributed by atoms with Crippen LogP contribution in [0.3, 0.4) is 0 Å². The van der Waals surface area contributed by atoms with Crippen LogP contribution in [0.15, 0.2) is 23.8 Å². The van der Waals surface area contributed by atoms with E-state index in [0.717, 1.165) is 6.42 Å². The zero-order chi connectivity index (χ0) is 12.0. The molecule has 0 aromatic heterocycles. The van der Waals surface area contributed by atoms with Gasteiger partial charge < -0.3 is 4.74 Å². The van der Waals surface area contributed by atoms with Crippen molar-refractivity contribution >= 4 is 0 Å². The molecule has 1 aliphatic carbocycles. The molecule has 1 saturated heterocycles. The van der Waals surface area contributed by atoms with Crippen molar-refractivity contribution in [1.29, 1.82) is 0 Å². The van der Waals surface area contributed by atoms with Crippen LogP contribution in [0.1, 0.15) is 47.5 Å². The summed E-state index contributed by atoms with van der Waals surface area (Å²) in [5.41, 5.74) is 1.51. The number of ether oxygens (including phenoxy) is 1. The van der Waals surface area contributed by atoms with Gasteiger partial charge in [-0.2, -0.15) is 0 Å². The molecule has 1 heteroatoms. The van der Waals surface area contributed by atoms with Crippen molar-refractivity contribution in [2.24, 2.45) is 11.8 Å². The second-order valence-electron chi connectivity index (χ2n) is 5.77. The number of hydrogen-bond acceptors (Lipinski definition) is 1. The van der Waals surface area contributed by atoms with Crippen molar-refractivity contribution in [3.05, 3.63) is 23.8 Å². The van der Waals surface area contributed by atoms with E-state index in [1.165, 1.54) is 12.0 Å². The predicted molar refractivity (Wildman–Crippen MR) is 68.4 cm³/mol. The predicted octanol–water partition coefficient (Wildman–Crippen LogP) is 4.10. The van der Waals surface area contributed by atoms with Crippen LogP contribution in [0.4, 0.5) is 0 Å². The second kappa shape index (κ2) is 3.73. The van der Waals surface area contributed by atoms with E-state index in [1.54, 1.807) is 0 Å². The van der Waals surface area contributed by atoms with Gasteiger partial charge in [0, 0.05) is 0 Å². The van der Waals surface area contributed by atoms with Crippen molar-refractivity contribution in [3.63, 3.8) is 0 Å². The molecule has 16 heavy (non-hydrogen) atoms. The van der Waals surface area contributed by atoms with Crippen LogP contribution in [0.25, 0.3) is 0 Å². The van der Waals surface area contributed by atoms with Crippen molar-refractivity contribution < 1.29 is 4.74 Å². The molecule has 0 amide bonds. The van der Waals surface area contributed by atoms with Crippen LogP contribution in [-0.4, -0.2) is 11.2 Å². The highest BCUT2D eigenvalue weighted by Gasteiger charge is 2.71. The SMILES string of the molecule is CCCC12C=CC=C(C(C)C)C1(C(C)C)O2.